The van der Waals surface area contributed by atoms with Crippen LogP contribution < -0.4 is 10.3 Å². The Bertz CT molecular complexity index is 767. The lowest BCUT2D eigenvalue weighted by molar-refractivity contribution is -0.116. The zero-order valence-electron chi connectivity index (χ0n) is 12.0. The molecule has 0 fully saturated rings. The van der Waals surface area contributed by atoms with Crippen LogP contribution in [0.15, 0.2) is 65.6 Å². The summed E-state index contributed by atoms with van der Waals surface area (Å²) >= 11 is 0. The standard InChI is InChI=1S/C16H16N2O3S/c1-13-7-10-15(11-8-13)22(20,21)18-17-16(19)12-9-14-5-3-2-4-6-14/h2-12,18H,1H3,(H,17,19). The van der Waals surface area contributed by atoms with Crippen LogP contribution in [0.4, 0.5) is 0 Å². The van der Waals surface area contributed by atoms with E-state index in [0.717, 1.165) is 11.1 Å². The Morgan fingerprint density at radius 1 is 1.00 bits per heavy atom. The number of amides is 1. The number of hydrogen-bond acceptors (Lipinski definition) is 3. The van der Waals surface area contributed by atoms with Gasteiger partial charge in [0.1, 0.15) is 0 Å². The average molecular weight is 316 g/mol. The Hall–Kier alpha value is -2.44. The maximum Gasteiger partial charge on any atom is 0.258 e. The summed E-state index contributed by atoms with van der Waals surface area (Å²) in [5, 5.41) is 0. The molecule has 0 radical (unpaired) electrons. The van der Waals surface area contributed by atoms with Crippen LogP contribution in [0.2, 0.25) is 0 Å². The second kappa shape index (κ2) is 7.02. The van der Waals surface area contributed by atoms with Gasteiger partial charge in [-0.15, -0.1) is 4.83 Å². The van der Waals surface area contributed by atoms with E-state index < -0.39 is 15.9 Å². The summed E-state index contributed by atoms with van der Waals surface area (Å²) in [5.74, 6) is -0.556. The van der Waals surface area contributed by atoms with Gasteiger partial charge in [0, 0.05) is 6.08 Å². The number of benzene rings is 2. The third-order valence-electron chi connectivity index (χ3n) is 2.87. The highest BCUT2D eigenvalue weighted by Crippen LogP contribution is 2.09. The van der Waals surface area contributed by atoms with Gasteiger partial charge in [-0.2, -0.15) is 0 Å². The summed E-state index contributed by atoms with van der Waals surface area (Å²) in [7, 11) is -3.77. The molecule has 5 nitrogen and oxygen atoms in total. The van der Waals surface area contributed by atoms with Gasteiger partial charge in [-0.1, -0.05) is 48.0 Å². The van der Waals surface area contributed by atoms with Crippen molar-refractivity contribution in [2.24, 2.45) is 0 Å². The molecule has 0 heterocycles. The fourth-order valence-electron chi connectivity index (χ4n) is 1.67. The summed E-state index contributed by atoms with van der Waals surface area (Å²) in [6.07, 6.45) is 2.85. The van der Waals surface area contributed by atoms with Crippen molar-refractivity contribution in [3.63, 3.8) is 0 Å². The lowest BCUT2D eigenvalue weighted by Crippen LogP contribution is -2.40. The highest BCUT2D eigenvalue weighted by Gasteiger charge is 2.13. The largest absolute Gasteiger partial charge is 0.274 e. The Kier molecular flexibility index (Phi) is 5.08. The number of carbonyl (C=O) groups excluding carboxylic acids is 1. The Labute approximate surface area is 129 Å². The highest BCUT2D eigenvalue weighted by atomic mass is 32.2. The van der Waals surface area contributed by atoms with Crippen LogP contribution in [0.3, 0.4) is 0 Å². The quantitative estimate of drug-likeness (QED) is 0.654. The van der Waals surface area contributed by atoms with Crippen LogP contribution in [0, 0.1) is 6.92 Å². The monoisotopic (exact) mass is 316 g/mol. The third-order valence-corrected chi connectivity index (χ3v) is 4.13. The SMILES string of the molecule is Cc1ccc(S(=O)(=O)NNC(=O)C=Cc2ccccc2)cc1. The molecular formula is C16H16N2O3S. The van der Waals surface area contributed by atoms with Gasteiger partial charge in [-0.25, -0.2) is 8.42 Å². The van der Waals surface area contributed by atoms with Crippen LogP contribution in [-0.2, 0) is 14.8 Å². The first-order valence-electron chi connectivity index (χ1n) is 6.59. The zero-order chi connectivity index (χ0) is 16.0. The first-order chi connectivity index (χ1) is 10.5. The molecule has 0 saturated carbocycles. The van der Waals surface area contributed by atoms with Crippen molar-refractivity contribution in [3.05, 3.63) is 71.8 Å². The minimum absolute atomic E-state index is 0.0884. The summed E-state index contributed by atoms with van der Waals surface area (Å²) in [4.78, 5) is 13.8. The van der Waals surface area contributed by atoms with Crippen LogP contribution >= 0.6 is 0 Å². The van der Waals surface area contributed by atoms with Gasteiger partial charge in [-0.3, -0.25) is 10.2 Å². The number of rotatable bonds is 5. The molecule has 0 aromatic heterocycles. The molecule has 2 aromatic rings. The first-order valence-corrected chi connectivity index (χ1v) is 8.07. The van der Waals surface area contributed by atoms with E-state index in [2.05, 4.69) is 10.3 Å². The Morgan fingerprint density at radius 3 is 2.27 bits per heavy atom. The summed E-state index contributed by atoms with van der Waals surface area (Å²) in [6, 6.07) is 15.5. The van der Waals surface area contributed by atoms with Gasteiger partial charge in [0.25, 0.3) is 15.9 Å². The minimum atomic E-state index is -3.77. The maximum absolute atomic E-state index is 12.0. The molecule has 2 rings (SSSR count). The number of sulfonamides is 1. The van der Waals surface area contributed by atoms with Crippen LogP contribution in [0.1, 0.15) is 11.1 Å². The van der Waals surface area contributed by atoms with Crippen LogP contribution in [0.25, 0.3) is 6.08 Å². The van der Waals surface area contributed by atoms with Gasteiger partial charge in [0.15, 0.2) is 0 Å². The Morgan fingerprint density at radius 2 is 1.64 bits per heavy atom. The molecule has 2 N–H and O–H groups in total. The zero-order valence-corrected chi connectivity index (χ0v) is 12.8. The smallest absolute Gasteiger partial charge is 0.258 e. The van der Waals surface area contributed by atoms with E-state index in [1.165, 1.54) is 18.2 Å². The van der Waals surface area contributed by atoms with E-state index in [1.54, 1.807) is 18.2 Å². The molecule has 2 aromatic carbocycles. The van der Waals surface area contributed by atoms with E-state index in [4.69, 9.17) is 0 Å². The van der Waals surface area contributed by atoms with Crippen molar-refractivity contribution in [2.45, 2.75) is 11.8 Å². The predicted molar refractivity (Wildman–Crippen MR) is 85.1 cm³/mol. The van der Waals surface area contributed by atoms with Crippen molar-refractivity contribution < 1.29 is 13.2 Å². The van der Waals surface area contributed by atoms with Crippen molar-refractivity contribution in [3.8, 4) is 0 Å². The molecule has 1 amide bonds. The van der Waals surface area contributed by atoms with Crippen molar-refractivity contribution in [1.29, 1.82) is 0 Å². The number of hydrazine groups is 1. The molecule has 0 aliphatic heterocycles. The summed E-state index contributed by atoms with van der Waals surface area (Å²) < 4.78 is 23.9. The van der Waals surface area contributed by atoms with Gasteiger partial charge in [0.05, 0.1) is 4.90 Å². The van der Waals surface area contributed by atoms with Crippen molar-refractivity contribution in [2.75, 3.05) is 0 Å². The van der Waals surface area contributed by atoms with E-state index in [-0.39, 0.29) is 4.90 Å². The molecular weight excluding hydrogens is 300 g/mol. The van der Waals surface area contributed by atoms with Crippen LogP contribution in [-0.4, -0.2) is 14.3 Å². The summed E-state index contributed by atoms with van der Waals surface area (Å²) in [6.45, 7) is 1.86. The van der Waals surface area contributed by atoms with E-state index in [1.807, 2.05) is 37.3 Å². The highest BCUT2D eigenvalue weighted by molar-refractivity contribution is 7.89. The molecule has 0 aliphatic carbocycles. The molecule has 0 aliphatic rings. The molecule has 22 heavy (non-hydrogen) atoms. The molecule has 0 bridgehead atoms. The number of nitrogens with one attached hydrogen (secondary N) is 2. The normalized spacial score (nSPS) is 11.5. The topological polar surface area (TPSA) is 75.3 Å². The third kappa shape index (κ3) is 4.54. The van der Waals surface area contributed by atoms with E-state index in [9.17, 15) is 13.2 Å². The Balaban J connectivity index is 1.95. The van der Waals surface area contributed by atoms with Crippen LogP contribution in [0.5, 0.6) is 0 Å². The molecule has 6 heteroatoms. The summed E-state index contributed by atoms with van der Waals surface area (Å²) in [5.41, 5.74) is 3.94. The predicted octanol–water partition coefficient (Wildman–Crippen LogP) is 2.02. The lowest BCUT2D eigenvalue weighted by Gasteiger charge is -2.07. The van der Waals surface area contributed by atoms with Gasteiger partial charge < -0.3 is 0 Å². The fourth-order valence-corrected chi connectivity index (χ4v) is 2.52. The second-order valence-electron chi connectivity index (χ2n) is 4.65. The van der Waals surface area contributed by atoms with Gasteiger partial charge in [0.2, 0.25) is 0 Å². The number of carbonyl (C=O) groups is 1. The molecule has 0 spiro atoms. The number of hydrogen-bond donors (Lipinski definition) is 2. The van der Waals surface area contributed by atoms with Crippen molar-refractivity contribution in [1.82, 2.24) is 10.3 Å². The minimum Gasteiger partial charge on any atom is -0.274 e. The molecule has 0 unspecified atom stereocenters. The van der Waals surface area contributed by atoms with Gasteiger partial charge >= 0.3 is 0 Å². The molecule has 114 valence electrons. The van der Waals surface area contributed by atoms with Crippen molar-refractivity contribution >= 4 is 22.0 Å². The van der Waals surface area contributed by atoms with Gasteiger partial charge in [-0.05, 0) is 30.7 Å². The first kappa shape index (κ1) is 15.9. The van der Waals surface area contributed by atoms with E-state index in [0.29, 0.717) is 0 Å². The molecule has 0 atom stereocenters. The fraction of sp³-hybridized carbons (Fsp3) is 0.0625. The molecule has 0 saturated heterocycles. The maximum atomic E-state index is 12.0. The lowest BCUT2D eigenvalue weighted by atomic mass is 10.2. The van der Waals surface area contributed by atoms with E-state index >= 15 is 0 Å². The average Bonchev–Trinajstić information content (AvgIpc) is 2.52. The number of aryl methyl sites for hydroxylation is 1. The second-order valence-corrected chi connectivity index (χ2v) is 6.33.